The molecule has 1 aromatic rings. The highest BCUT2D eigenvalue weighted by Gasteiger charge is 2.20. The summed E-state index contributed by atoms with van der Waals surface area (Å²) in [6.45, 7) is 15.8. The van der Waals surface area contributed by atoms with Gasteiger partial charge >= 0.3 is 0 Å². The highest BCUT2D eigenvalue weighted by atomic mass is 14.2. The molecule has 0 amide bonds. The van der Waals surface area contributed by atoms with E-state index in [4.69, 9.17) is 0 Å². The fourth-order valence-corrected chi connectivity index (χ4v) is 3.53. The van der Waals surface area contributed by atoms with E-state index in [0.29, 0.717) is 0 Å². The maximum Gasteiger partial charge on any atom is -0.0104 e. The molecular weight excluding hydrogens is 276 g/mol. The summed E-state index contributed by atoms with van der Waals surface area (Å²) < 4.78 is 0. The lowest BCUT2D eigenvalue weighted by molar-refractivity contribution is 0.415. The molecule has 0 bridgehead atoms. The molecule has 0 aliphatic heterocycles. The monoisotopic (exact) mass is 314 g/mol. The van der Waals surface area contributed by atoms with Crippen LogP contribution in [-0.2, 0) is 5.41 Å². The second kappa shape index (κ2) is 9.96. The van der Waals surface area contributed by atoms with E-state index >= 15 is 0 Å². The number of hydrogen-bond donors (Lipinski definition) is 0. The third-order valence-corrected chi connectivity index (χ3v) is 5.22. The maximum atomic E-state index is 4.35. The molecule has 0 aliphatic carbocycles. The van der Waals surface area contributed by atoms with E-state index in [1.807, 2.05) is 0 Å². The zero-order chi connectivity index (χ0) is 17.3. The van der Waals surface area contributed by atoms with Crippen LogP contribution in [0.1, 0.15) is 90.2 Å². The molecule has 130 valence electrons. The highest BCUT2D eigenvalue weighted by Crippen LogP contribution is 2.31. The minimum Gasteiger partial charge on any atom is -0.0996 e. The predicted molar refractivity (Wildman–Crippen MR) is 105 cm³/mol. The van der Waals surface area contributed by atoms with Gasteiger partial charge in [0.2, 0.25) is 0 Å². The zero-order valence-electron chi connectivity index (χ0n) is 16.3. The van der Waals surface area contributed by atoms with Crippen LogP contribution in [0, 0.1) is 12.8 Å². The molecular formula is C23H38. The molecule has 1 atom stereocenters. The summed E-state index contributed by atoms with van der Waals surface area (Å²) >= 11 is 0. The summed E-state index contributed by atoms with van der Waals surface area (Å²) in [7, 11) is 0. The Bertz CT molecular complexity index is 449. The number of rotatable bonds is 11. The standard InChI is InChI=1S/C23H38/c1-7-11-20(4)21(12-8-2)13-9-10-18-23(5,6)22-16-14-19(3)15-17-22/h14-17,21H,4,7-13,18H2,1-3,5-6H3. The molecule has 1 aromatic carbocycles. The molecule has 0 radical (unpaired) electrons. The average molecular weight is 315 g/mol. The summed E-state index contributed by atoms with van der Waals surface area (Å²) in [5, 5.41) is 0. The van der Waals surface area contributed by atoms with Crippen LogP contribution in [0.2, 0.25) is 0 Å². The lowest BCUT2D eigenvalue weighted by Crippen LogP contribution is -2.17. The Labute approximate surface area is 145 Å². The number of unbranched alkanes of at least 4 members (excludes halogenated alkanes) is 1. The van der Waals surface area contributed by atoms with Gasteiger partial charge in [0.1, 0.15) is 0 Å². The number of benzene rings is 1. The molecule has 0 heteroatoms. The molecule has 1 unspecified atom stereocenters. The van der Waals surface area contributed by atoms with Gasteiger partial charge in [0.15, 0.2) is 0 Å². The van der Waals surface area contributed by atoms with Crippen molar-refractivity contribution < 1.29 is 0 Å². The van der Waals surface area contributed by atoms with Gasteiger partial charge in [0.25, 0.3) is 0 Å². The summed E-state index contributed by atoms with van der Waals surface area (Å²) in [5.74, 6) is 0.752. The molecule has 0 heterocycles. The average Bonchev–Trinajstić information content (AvgIpc) is 2.51. The molecule has 23 heavy (non-hydrogen) atoms. The van der Waals surface area contributed by atoms with Gasteiger partial charge in [0.05, 0.1) is 0 Å². The SMILES string of the molecule is C=C(CCC)C(CCC)CCCCC(C)(C)c1ccc(C)cc1. The minimum atomic E-state index is 0.286. The van der Waals surface area contributed by atoms with Crippen molar-refractivity contribution >= 4 is 0 Å². The van der Waals surface area contributed by atoms with Crippen molar-refractivity contribution in [3.05, 3.63) is 47.5 Å². The number of hydrogen-bond acceptors (Lipinski definition) is 0. The lowest BCUT2D eigenvalue weighted by atomic mass is 9.79. The van der Waals surface area contributed by atoms with Crippen LogP contribution in [0.5, 0.6) is 0 Å². The first-order chi connectivity index (χ1) is 10.9. The van der Waals surface area contributed by atoms with Crippen LogP contribution >= 0.6 is 0 Å². The molecule has 0 nitrogen and oxygen atoms in total. The van der Waals surface area contributed by atoms with Gasteiger partial charge in [-0.1, -0.05) is 95.4 Å². The van der Waals surface area contributed by atoms with E-state index in [2.05, 4.69) is 65.5 Å². The highest BCUT2D eigenvalue weighted by molar-refractivity contribution is 5.27. The molecule has 0 fully saturated rings. The van der Waals surface area contributed by atoms with Crippen LogP contribution in [-0.4, -0.2) is 0 Å². The van der Waals surface area contributed by atoms with Gasteiger partial charge in [0, 0.05) is 0 Å². The second-order valence-corrected chi connectivity index (χ2v) is 7.89. The largest absolute Gasteiger partial charge is 0.0996 e. The normalized spacial score (nSPS) is 13.1. The van der Waals surface area contributed by atoms with Crippen LogP contribution in [0.3, 0.4) is 0 Å². The Kier molecular flexibility index (Phi) is 8.66. The maximum absolute atomic E-state index is 4.35. The Morgan fingerprint density at radius 1 is 1.00 bits per heavy atom. The van der Waals surface area contributed by atoms with Crippen molar-refractivity contribution in [1.29, 1.82) is 0 Å². The fourth-order valence-electron chi connectivity index (χ4n) is 3.53. The molecule has 0 N–H and O–H groups in total. The van der Waals surface area contributed by atoms with Gasteiger partial charge in [-0.3, -0.25) is 0 Å². The quantitative estimate of drug-likeness (QED) is 0.291. The van der Waals surface area contributed by atoms with Crippen molar-refractivity contribution in [2.75, 3.05) is 0 Å². The van der Waals surface area contributed by atoms with E-state index < -0.39 is 0 Å². The number of aryl methyl sites for hydroxylation is 1. The van der Waals surface area contributed by atoms with E-state index in [0.717, 1.165) is 5.92 Å². The first-order valence-electron chi connectivity index (χ1n) is 9.65. The van der Waals surface area contributed by atoms with E-state index in [9.17, 15) is 0 Å². The second-order valence-electron chi connectivity index (χ2n) is 7.89. The van der Waals surface area contributed by atoms with E-state index in [-0.39, 0.29) is 5.41 Å². The topological polar surface area (TPSA) is 0 Å². The first kappa shape index (κ1) is 20.0. The lowest BCUT2D eigenvalue weighted by Gasteiger charge is -2.26. The van der Waals surface area contributed by atoms with Gasteiger partial charge in [-0.15, -0.1) is 0 Å². The van der Waals surface area contributed by atoms with Crippen molar-refractivity contribution in [3.63, 3.8) is 0 Å². The molecule has 0 saturated carbocycles. The fraction of sp³-hybridized carbons (Fsp3) is 0.652. The smallest absolute Gasteiger partial charge is 0.0104 e. The van der Waals surface area contributed by atoms with Gasteiger partial charge in [-0.25, -0.2) is 0 Å². The van der Waals surface area contributed by atoms with Crippen LogP contribution in [0.4, 0.5) is 0 Å². The molecule has 0 saturated heterocycles. The predicted octanol–water partition coefficient (Wildman–Crippen LogP) is 7.61. The van der Waals surface area contributed by atoms with Crippen molar-refractivity contribution in [2.24, 2.45) is 5.92 Å². The molecule has 0 spiro atoms. The van der Waals surface area contributed by atoms with Crippen molar-refractivity contribution in [2.45, 2.75) is 91.4 Å². The summed E-state index contributed by atoms with van der Waals surface area (Å²) in [6, 6.07) is 9.09. The Morgan fingerprint density at radius 3 is 2.22 bits per heavy atom. The van der Waals surface area contributed by atoms with E-state index in [1.54, 1.807) is 0 Å². The zero-order valence-corrected chi connectivity index (χ0v) is 16.3. The van der Waals surface area contributed by atoms with Gasteiger partial charge < -0.3 is 0 Å². The third kappa shape index (κ3) is 6.94. The Hall–Kier alpha value is -1.04. The Balaban J connectivity index is 2.44. The Morgan fingerprint density at radius 2 is 1.65 bits per heavy atom. The summed E-state index contributed by atoms with van der Waals surface area (Å²) in [5.41, 5.74) is 4.60. The molecule has 0 aromatic heterocycles. The molecule has 1 rings (SSSR count). The third-order valence-electron chi connectivity index (χ3n) is 5.22. The van der Waals surface area contributed by atoms with Gasteiger partial charge in [-0.2, -0.15) is 0 Å². The van der Waals surface area contributed by atoms with Crippen LogP contribution in [0.25, 0.3) is 0 Å². The number of allylic oxidation sites excluding steroid dienone is 1. The van der Waals surface area contributed by atoms with Gasteiger partial charge in [-0.05, 0) is 49.5 Å². The van der Waals surface area contributed by atoms with Crippen molar-refractivity contribution in [1.82, 2.24) is 0 Å². The summed E-state index contributed by atoms with van der Waals surface area (Å²) in [4.78, 5) is 0. The van der Waals surface area contributed by atoms with Crippen LogP contribution < -0.4 is 0 Å². The first-order valence-corrected chi connectivity index (χ1v) is 9.65. The van der Waals surface area contributed by atoms with Crippen LogP contribution in [0.15, 0.2) is 36.4 Å². The van der Waals surface area contributed by atoms with E-state index in [1.165, 1.54) is 68.1 Å². The minimum absolute atomic E-state index is 0.286. The molecule has 0 aliphatic rings. The summed E-state index contributed by atoms with van der Waals surface area (Å²) in [6.07, 6.45) is 10.3. The van der Waals surface area contributed by atoms with Crippen molar-refractivity contribution in [3.8, 4) is 0 Å².